The zero-order valence-electron chi connectivity index (χ0n) is 14.6. The van der Waals surface area contributed by atoms with Crippen molar-refractivity contribution in [2.75, 3.05) is 13.1 Å². The quantitative estimate of drug-likeness (QED) is 0.869. The van der Waals surface area contributed by atoms with Crippen LogP contribution in [0.25, 0.3) is 0 Å². The largest absolute Gasteiger partial charge is 0.353 e. The molecule has 0 radical (unpaired) electrons. The van der Waals surface area contributed by atoms with E-state index in [2.05, 4.69) is 5.32 Å². The highest BCUT2D eigenvalue weighted by atomic mass is 19.1. The van der Waals surface area contributed by atoms with Gasteiger partial charge in [0, 0.05) is 32.0 Å². The maximum absolute atomic E-state index is 13.6. The molecule has 4 nitrogen and oxygen atoms in total. The number of nitrogens with zero attached hydrogens (tertiary/aromatic N) is 1. The molecule has 0 aliphatic carbocycles. The lowest BCUT2D eigenvalue weighted by molar-refractivity contribution is -0.132. The number of hydrogen-bond donors (Lipinski definition) is 1. The van der Waals surface area contributed by atoms with Crippen molar-refractivity contribution in [1.29, 1.82) is 0 Å². The predicted octanol–water partition coefficient (Wildman–Crippen LogP) is 2.91. The van der Waals surface area contributed by atoms with E-state index in [0.29, 0.717) is 43.8 Å². The number of hydrogen-bond acceptors (Lipinski definition) is 2. The molecule has 1 aliphatic heterocycles. The molecular weight excluding hydrogens is 307 g/mol. The van der Waals surface area contributed by atoms with E-state index in [-0.39, 0.29) is 23.7 Å². The fourth-order valence-electron chi connectivity index (χ4n) is 3.03. The Kier molecular flexibility index (Phi) is 6.76. The van der Waals surface area contributed by atoms with Gasteiger partial charge in [-0.15, -0.1) is 0 Å². The molecule has 1 fully saturated rings. The summed E-state index contributed by atoms with van der Waals surface area (Å²) in [5.41, 5.74) is 0.585. The number of piperidine rings is 1. The predicted molar refractivity (Wildman–Crippen MR) is 91.9 cm³/mol. The number of halogens is 1. The zero-order chi connectivity index (χ0) is 17.5. The van der Waals surface area contributed by atoms with Crippen LogP contribution in [0.2, 0.25) is 0 Å². The average molecular weight is 334 g/mol. The molecule has 0 bridgehead atoms. The molecule has 24 heavy (non-hydrogen) atoms. The van der Waals surface area contributed by atoms with Crippen LogP contribution in [0.4, 0.5) is 4.39 Å². The van der Waals surface area contributed by atoms with Crippen molar-refractivity contribution in [2.45, 2.75) is 52.0 Å². The van der Waals surface area contributed by atoms with E-state index < -0.39 is 0 Å². The Hall–Kier alpha value is -1.91. The highest BCUT2D eigenvalue weighted by Gasteiger charge is 2.23. The van der Waals surface area contributed by atoms with Crippen LogP contribution in [0, 0.1) is 11.7 Å². The van der Waals surface area contributed by atoms with Gasteiger partial charge >= 0.3 is 0 Å². The Labute approximate surface area is 143 Å². The minimum absolute atomic E-state index is 0.0604. The zero-order valence-corrected chi connectivity index (χ0v) is 14.6. The fraction of sp³-hybridized carbons (Fsp3) is 0.579. The van der Waals surface area contributed by atoms with Gasteiger partial charge in [0.2, 0.25) is 11.8 Å². The maximum atomic E-state index is 13.6. The number of aryl methyl sites for hydroxylation is 1. The first-order valence-electron chi connectivity index (χ1n) is 8.76. The summed E-state index contributed by atoms with van der Waals surface area (Å²) in [5.74, 6) is 0.251. The van der Waals surface area contributed by atoms with E-state index in [0.717, 1.165) is 12.8 Å². The number of benzene rings is 1. The van der Waals surface area contributed by atoms with Gasteiger partial charge < -0.3 is 10.2 Å². The van der Waals surface area contributed by atoms with Crippen molar-refractivity contribution in [2.24, 2.45) is 5.92 Å². The molecule has 0 saturated carbocycles. The molecule has 132 valence electrons. The maximum Gasteiger partial charge on any atom is 0.222 e. The molecule has 1 aromatic carbocycles. The first-order chi connectivity index (χ1) is 11.5. The molecule has 2 amide bonds. The molecule has 5 heteroatoms. The van der Waals surface area contributed by atoms with Crippen LogP contribution in [0.15, 0.2) is 24.3 Å². The molecule has 1 N–H and O–H groups in total. The summed E-state index contributed by atoms with van der Waals surface area (Å²) in [6.07, 6.45) is 2.87. The number of carbonyl (C=O) groups excluding carboxylic acids is 2. The molecule has 1 aromatic rings. The standard InChI is InChI=1S/C19H27FN2O2/c1-14(2)13-18(23)21-16-9-11-22(12-10-16)19(24)8-7-15-5-3-4-6-17(15)20/h3-6,14,16H,7-13H2,1-2H3,(H,21,23). The van der Waals surface area contributed by atoms with Crippen LogP contribution in [-0.2, 0) is 16.0 Å². The third-order valence-electron chi connectivity index (χ3n) is 4.37. The number of nitrogens with one attached hydrogen (secondary N) is 1. The highest BCUT2D eigenvalue weighted by molar-refractivity contribution is 5.77. The van der Waals surface area contributed by atoms with E-state index >= 15 is 0 Å². The smallest absolute Gasteiger partial charge is 0.222 e. The lowest BCUT2D eigenvalue weighted by Gasteiger charge is -2.32. The molecule has 1 aliphatic rings. The van der Waals surface area contributed by atoms with Crippen molar-refractivity contribution >= 4 is 11.8 Å². The van der Waals surface area contributed by atoms with Crippen LogP contribution < -0.4 is 5.32 Å². The van der Waals surface area contributed by atoms with Crippen LogP contribution >= 0.6 is 0 Å². The van der Waals surface area contributed by atoms with Gasteiger partial charge in [-0.05, 0) is 36.8 Å². The molecular formula is C19H27FN2O2. The third kappa shape index (κ3) is 5.62. The second-order valence-corrected chi connectivity index (χ2v) is 6.91. The number of carbonyl (C=O) groups is 2. The molecule has 1 saturated heterocycles. The van der Waals surface area contributed by atoms with Crippen molar-refractivity contribution in [3.05, 3.63) is 35.6 Å². The topological polar surface area (TPSA) is 49.4 Å². The molecule has 0 aromatic heterocycles. The first kappa shape index (κ1) is 18.4. The molecule has 0 unspecified atom stereocenters. The summed E-state index contributed by atoms with van der Waals surface area (Å²) >= 11 is 0. The second-order valence-electron chi connectivity index (χ2n) is 6.91. The summed E-state index contributed by atoms with van der Waals surface area (Å²) in [6.45, 7) is 5.36. The lowest BCUT2D eigenvalue weighted by atomic mass is 10.0. The second kappa shape index (κ2) is 8.81. The number of rotatable bonds is 6. The van der Waals surface area contributed by atoms with Gasteiger partial charge in [-0.1, -0.05) is 32.0 Å². The van der Waals surface area contributed by atoms with Gasteiger partial charge in [-0.25, -0.2) is 4.39 Å². The monoisotopic (exact) mass is 334 g/mol. The normalized spacial score (nSPS) is 15.6. The van der Waals surface area contributed by atoms with Crippen molar-refractivity contribution in [3.8, 4) is 0 Å². The molecule has 1 heterocycles. The van der Waals surface area contributed by atoms with E-state index in [1.165, 1.54) is 6.07 Å². The molecule has 2 rings (SSSR count). The Morgan fingerprint density at radius 1 is 1.25 bits per heavy atom. The molecule has 0 atom stereocenters. The summed E-state index contributed by atoms with van der Waals surface area (Å²) in [7, 11) is 0. The Morgan fingerprint density at radius 3 is 2.54 bits per heavy atom. The Balaban J connectivity index is 1.72. The summed E-state index contributed by atoms with van der Waals surface area (Å²) in [6, 6.07) is 6.74. The fourth-order valence-corrected chi connectivity index (χ4v) is 3.03. The lowest BCUT2D eigenvalue weighted by Crippen LogP contribution is -2.46. The highest BCUT2D eigenvalue weighted by Crippen LogP contribution is 2.15. The van der Waals surface area contributed by atoms with Gasteiger partial charge in [-0.3, -0.25) is 9.59 Å². The van der Waals surface area contributed by atoms with Gasteiger partial charge in [0.25, 0.3) is 0 Å². The van der Waals surface area contributed by atoms with Gasteiger partial charge in [-0.2, -0.15) is 0 Å². The van der Waals surface area contributed by atoms with Crippen LogP contribution in [0.1, 0.15) is 45.1 Å². The SMILES string of the molecule is CC(C)CC(=O)NC1CCN(C(=O)CCc2ccccc2F)CC1. The number of likely N-dealkylation sites (tertiary alicyclic amines) is 1. The van der Waals surface area contributed by atoms with Crippen LogP contribution in [-0.4, -0.2) is 35.8 Å². The van der Waals surface area contributed by atoms with Crippen LogP contribution in [0.5, 0.6) is 0 Å². The minimum Gasteiger partial charge on any atom is -0.353 e. The van der Waals surface area contributed by atoms with Gasteiger partial charge in [0.05, 0.1) is 0 Å². The first-order valence-corrected chi connectivity index (χ1v) is 8.76. The van der Waals surface area contributed by atoms with Crippen molar-refractivity contribution in [3.63, 3.8) is 0 Å². The van der Waals surface area contributed by atoms with E-state index in [9.17, 15) is 14.0 Å². The molecule has 0 spiro atoms. The minimum atomic E-state index is -0.253. The summed E-state index contributed by atoms with van der Waals surface area (Å²) < 4.78 is 13.6. The van der Waals surface area contributed by atoms with Crippen molar-refractivity contribution < 1.29 is 14.0 Å². The van der Waals surface area contributed by atoms with E-state index in [1.54, 1.807) is 18.2 Å². The Bertz CT molecular complexity index is 566. The van der Waals surface area contributed by atoms with E-state index in [1.807, 2.05) is 18.7 Å². The van der Waals surface area contributed by atoms with Gasteiger partial charge in [0.15, 0.2) is 0 Å². The summed E-state index contributed by atoms with van der Waals surface area (Å²) in [5, 5.41) is 3.05. The Morgan fingerprint density at radius 2 is 1.92 bits per heavy atom. The van der Waals surface area contributed by atoms with E-state index in [4.69, 9.17) is 0 Å². The van der Waals surface area contributed by atoms with Crippen LogP contribution in [0.3, 0.4) is 0 Å². The van der Waals surface area contributed by atoms with Gasteiger partial charge in [0.1, 0.15) is 5.82 Å². The van der Waals surface area contributed by atoms with Crippen molar-refractivity contribution in [1.82, 2.24) is 10.2 Å². The summed E-state index contributed by atoms with van der Waals surface area (Å²) in [4.78, 5) is 25.9. The number of amides is 2. The third-order valence-corrected chi connectivity index (χ3v) is 4.37. The average Bonchev–Trinajstić information content (AvgIpc) is 2.53.